The SMILES string of the molecule is CCC(N)(CC)CNC(=O)c1ccc(-c2cnc3ccc(-c4cnc(N)c(C(F)(F)F)c4)nn23)cc1F. The molecular formula is C25H25F4N7O. The maximum absolute atomic E-state index is 14.9. The van der Waals surface area contributed by atoms with Gasteiger partial charge in [0.05, 0.1) is 28.7 Å². The number of amides is 1. The number of nitrogens with zero attached hydrogens (tertiary/aromatic N) is 4. The number of imidazole rings is 1. The van der Waals surface area contributed by atoms with E-state index in [1.807, 2.05) is 13.8 Å². The van der Waals surface area contributed by atoms with E-state index in [1.165, 1.54) is 41.2 Å². The molecule has 37 heavy (non-hydrogen) atoms. The minimum atomic E-state index is -4.68. The average molecular weight is 516 g/mol. The summed E-state index contributed by atoms with van der Waals surface area (Å²) in [6, 6.07) is 7.99. The second-order valence-corrected chi connectivity index (χ2v) is 8.73. The molecule has 0 saturated heterocycles. The van der Waals surface area contributed by atoms with Gasteiger partial charge >= 0.3 is 6.18 Å². The molecule has 12 heteroatoms. The number of halogens is 4. The van der Waals surface area contributed by atoms with Crippen LogP contribution in [0, 0.1) is 5.82 Å². The van der Waals surface area contributed by atoms with Gasteiger partial charge in [-0.1, -0.05) is 19.9 Å². The molecule has 8 nitrogen and oxygen atoms in total. The lowest BCUT2D eigenvalue weighted by molar-refractivity contribution is -0.137. The van der Waals surface area contributed by atoms with E-state index < -0.39 is 34.8 Å². The van der Waals surface area contributed by atoms with Crippen LogP contribution in [-0.4, -0.2) is 37.6 Å². The third-order valence-electron chi connectivity index (χ3n) is 6.40. The summed E-state index contributed by atoms with van der Waals surface area (Å²) in [4.78, 5) is 20.4. The fourth-order valence-electron chi connectivity index (χ4n) is 3.78. The normalized spacial score (nSPS) is 12.2. The van der Waals surface area contributed by atoms with Crippen LogP contribution in [0.1, 0.15) is 42.6 Å². The smallest absolute Gasteiger partial charge is 0.383 e. The van der Waals surface area contributed by atoms with Crippen LogP contribution in [0.15, 0.2) is 48.8 Å². The maximum atomic E-state index is 14.9. The van der Waals surface area contributed by atoms with Gasteiger partial charge in [-0.25, -0.2) is 18.9 Å². The standard InChI is InChI=1S/C25H25F4N7O/c1-3-24(31,4-2)13-34-23(37)16-6-5-14(10-18(16)26)20-12-32-21-8-7-19(35-36(20)21)15-9-17(25(27,28)29)22(30)33-11-15/h5-12H,3-4,13,31H2,1-2H3,(H2,30,33)(H,34,37). The van der Waals surface area contributed by atoms with Crippen LogP contribution in [0.4, 0.5) is 23.4 Å². The van der Waals surface area contributed by atoms with Gasteiger partial charge in [-0.15, -0.1) is 0 Å². The highest BCUT2D eigenvalue weighted by molar-refractivity contribution is 5.95. The molecule has 194 valence electrons. The minimum absolute atomic E-state index is 0.0939. The van der Waals surface area contributed by atoms with Gasteiger partial charge in [0.2, 0.25) is 0 Å². The fourth-order valence-corrected chi connectivity index (χ4v) is 3.78. The Hall–Kier alpha value is -4.06. The minimum Gasteiger partial charge on any atom is -0.383 e. The molecule has 5 N–H and O–H groups in total. The average Bonchev–Trinajstić information content (AvgIpc) is 3.30. The number of hydrogen-bond donors (Lipinski definition) is 3. The van der Waals surface area contributed by atoms with Gasteiger partial charge in [0, 0.05) is 29.4 Å². The van der Waals surface area contributed by atoms with Gasteiger partial charge in [0.1, 0.15) is 11.6 Å². The van der Waals surface area contributed by atoms with Gasteiger partial charge in [-0.05, 0) is 43.2 Å². The Labute approximate surface area is 209 Å². The van der Waals surface area contributed by atoms with Crippen molar-refractivity contribution in [3.05, 3.63) is 65.7 Å². The Kier molecular flexibility index (Phi) is 6.87. The van der Waals surface area contributed by atoms with Crippen molar-refractivity contribution in [1.82, 2.24) is 24.9 Å². The molecular weight excluding hydrogens is 490 g/mol. The number of nitrogens with one attached hydrogen (secondary N) is 1. The summed E-state index contributed by atoms with van der Waals surface area (Å²) in [5.41, 5.74) is 11.2. The summed E-state index contributed by atoms with van der Waals surface area (Å²) in [5.74, 6) is -1.98. The van der Waals surface area contributed by atoms with E-state index in [-0.39, 0.29) is 23.4 Å². The van der Waals surface area contributed by atoms with E-state index in [0.29, 0.717) is 29.7 Å². The van der Waals surface area contributed by atoms with Crippen molar-refractivity contribution < 1.29 is 22.4 Å². The molecule has 0 fully saturated rings. The molecule has 4 rings (SSSR count). The van der Waals surface area contributed by atoms with Gasteiger partial charge in [-0.2, -0.15) is 18.3 Å². The zero-order valence-corrected chi connectivity index (χ0v) is 20.1. The highest BCUT2D eigenvalue weighted by Crippen LogP contribution is 2.35. The molecule has 0 spiro atoms. The van der Waals surface area contributed by atoms with Crippen molar-refractivity contribution in [3.8, 4) is 22.5 Å². The molecule has 4 aromatic rings. The molecule has 0 aliphatic rings. The summed E-state index contributed by atoms with van der Waals surface area (Å²) in [6.45, 7) is 4.04. The van der Waals surface area contributed by atoms with E-state index in [4.69, 9.17) is 11.5 Å². The number of anilines is 1. The van der Waals surface area contributed by atoms with Gasteiger partial charge in [-0.3, -0.25) is 4.79 Å². The predicted octanol–water partition coefficient (Wildman–Crippen LogP) is 4.45. The van der Waals surface area contributed by atoms with Crippen LogP contribution >= 0.6 is 0 Å². The van der Waals surface area contributed by atoms with Crippen LogP contribution in [0.2, 0.25) is 0 Å². The first kappa shape index (κ1) is 26.0. The lowest BCUT2D eigenvalue weighted by Gasteiger charge is -2.26. The number of fused-ring (bicyclic) bond motifs is 1. The van der Waals surface area contributed by atoms with Gasteiger partial charge in [0.15, 0.2) is 5.65 Å². The summed E-state index contributed by atoms with van der Waals surface area (Å²) in [7, 11) is 0. The van der Waals surface area contributed by atoms with E-state index >= 15 is 0 Å². The lowest BCUT2D eigenvalue weighted by atomic mass is 9.94. The Morgan fingerprint density at radius 1 is 1.03 bits per heavy atom. The quantitative estimate of drug-likeness (QED) is 0.313. The monoisotopic (exact) mass is 515 g/mol. The van der Waals surface area contributed by atoms with Crippen LogP contribution in [-0.2, 0) is 6.18 Å². The van der Waals surface area contributed by atoms with Crippen LogP contribution in [0.25, 0.3) is 28.2 Å². The number of carbonyl (C=O) groups excluding carboxylic acids is 1. The second kappa shape index (κ2) is 9.77. The highest BCUT2D eigenvalue weighted by Gasteiger charge is 2.34. The number of aromatic nitrogens is 4. The zero-order valence-electron chi connectivity index (χ0n) is 20.1. The van der Waals surface area contributed by atoms with Gasteiger partial charge in [0.25, 0.3) is 5.91 Å². The Morgan fingerprint density at radius 3 is 2.41 bits per heavy atom. The molecule has 3 heterocycles. The van der Waals surface area contributed by atoms with Crippen LogP contribution in [0.3, 0.4) is 0 Å². The largest absolute Gasteiger partial charge is 0.419 e. The lowest BCUT2D eigenvalue weighted by Crippen LogP contribution is -2.49. The first-order valence-electron chi connectivity index (χ1n) is 11.5. The number of alkyl halides is 3. The van der Waals surface area contributed by atoms with Crippen molar-refractivity contribution in [3.63, 3.8) is 0 Å². The Bertz CT molecular complexity index is 1460. The van der Waals surface area contributed by atoms with E-state index in [2.05, 4.69) is 20.4 Å². The third-order valence-corrected chi connectivity index (χ3v) is 6.40. The van der Waals surface area contributed by atoms with Crippen LogP contribution in [0.5, 0.6) is 0 Å². The topological polar surface area (TPSA) is 124 Å². The summed E-state index contributed by atoms with van der Waals surface area (Å²) >= 11 is 0. The number of nitrogen functional groups attached to an aromatic ring is 1. The fraction of sp³-hybridized carbons (Fsp3) is 0.280. The van der Waals surface area contributed by atoms with Crippen molar-refractivity contribution in [2.75, 3.05) is 12.3 Å². The molecule has 0 atom stereocenters. The number of carbonyl (C=O) groups is 1. The number of rotatable bonds is 7. The third kappa shape index (κ3) is 5.24. The number of benzene rings is 1. The molecule has 0 aliphatic carbocycles. The van der Waals surface area contributed by atoms with Crippen molar-refractivity contribution in [1.29, 1.82) is 0 Å². The van der Waals surface area contributed by atoms with Crippen molar-refractivity contribution >= 4 is 17.4 Å². The molecule has 0 unspecified atom stereocenters. The summed E-state index contributed by atoms with van der Waals surface area (Å²) in [5, 5.41) is 7.07. The Balaban J connectivity index is 1.66. The Morgan fingerprint density at radius 2 is 1.76 bits per heavy atom. The predicted molar refractivity (Wildman–Crippen MR) is 131 cm³/mol. The first-order chi connectivity index (χ1) is 17.5. The summed E-state index contributed by atoms with van der Waals surface area (Å²) < 4.78 is 56.2. The molecule has 0 aliphatic heterocycles. The summed E-state index contributed by atoms with van der Waals surface area (Å²) in [6.07, 6.45) is -0.734. The first-order valence-corrected chi connectivity index (χ1v) is 11.5. The molecule has 0 radical (unpaired) electrons. The van der Waals surface area contributed by atoms with Crippen molar-refractivity contribution in [2.24, 2.45) is 5.73 Å². The highest BCUT2D eigenvalue weighted by atomic mass is 19.4. The van der Waals surface area contributed by atoms with E-state index in [0.717, 1.165) is 6.07 Å². The maximum Gasteiger partial charge on any atom is 0.419 e. The number of nitrogens with two attached hydrogens (primary N) is 2. The molecule has 1 amide bonds. The molecule has 1 aromatic carbocycles. The van der Waals surface area contributed by atoms with Crippen LogP contribution < -0.4 is 16.8 Å². The molecule has 0 saturated carbocycles. The second-order valence-electron chi connectivity index (χ2n) is 8.73. The number of hydrogen-bond acceptors (Lipinski definition) is 6. The zero-order chi connectivity index (χ0) is 27.0. The molecule has 0 bridgehead atoms. The van der Waals surface area contributed by atoms with Gasteiger partial charge < -0.3 is 16.8 Å². The molecule has 3 aromatic heterocycles. The van der Waals surface area contributed by atoms with E-state index in [1.54, 1.807) is 6.07 Å². The van der Waals surface area contributed by atoms with Crippen molar-refractivity contribution in [2.45, 2.75) is 38.4 Å². The van der Waals surface area contributed by atoms with E-state index in [9.17, 15) is 22.4 Å². The number of pyridine rings is 1.